The van der Waals surface area contributed by atoms with Gasteiger partial charge >= 0.3 is 0 Å². The van der Waals surface area contributed by atoms with E-state index in [9.17, 15) is 19.5 Å². The zero-order valence-electron chi connectivity index (χ0n) is 26.1. The van der Waals surface area contributed by atoms with Gasteiger partial charge < -0.3 is 29.3 Å². The third kappa shape index (κ3) is 5.97. The summed E-state index contributed by atoms with van der Waals surface area (Å²) in [6.45, 7) is 11.1. The summed E-state index contributed by atoms with van der Waals surface area (Å²) >= 11 is 1.65. The summed E-state index contributed by atoms with van der Waals surface area (Å²) in [6, 6.07) is 13.9. The molecule has 10 heteroatoms. The van der Waals surface area contributed by atoms with Crippen LogP contribution in [0.2, 0.25) is 0 Å². The topological polar surface area (TPSA) is 99.6 Å². The number of anilines is 2. The van der Waals surface area contributed by atoms with Crippen molar-refractivity contribution in [2.45, 2.75) is 48.6 Å². The molecule has 1 N–H and O–H groups in total. The van der Waals surface area contributed by atoms with Crippen LogP contribution in [0.25, 0.3) is 0 Å². The molecule has 2 bridgehead atoms. The number of aliphatic hydroxyl groups is 1. The molecule has 5 rings (SSSR count). The number of thioether (sulfide) groups is 1. The highest BCUT2D eigenvalue weighted by Crippen LogP contribution is 2.67. The fourth-order valence-corrected chi connectivity index (χ4v) is 9.44. The van der Waals surface area contributed by atoms with Gasteiger partial charge in [-0.3, -0.25) is 14.4 Å². The third-order valence-corrected chi connectivity index (χ3v) is 11.1. The average Bonchev–Trinajstić information content (AvgIpc) is 3.70. The number of unbranched alkanes of at least 4 members (excludes halogenated alkanes) is 1. The quantitative estimate of drug-likeness (QED) is 0.224. The molecule has 9 nitrogen and oxygen atoms in total. The highest BCUT2D eigenvalue weighted by molar-refractivity contribution is 8.02. The van der Waals surface area contributed by atoms with E-state index in [0.29, 0.717) is 61.8 Å². The van der Waals surface area contributed by atoms with E-state index in [1.165, 1.54) is 0 Å². The molecule has 3 aliphatic heterocycles. The van der Waals surface area contributed by atoms with Crippen LogP contribution in [0.1, 0.15) is 32.6 Å². The van der Waals surface area contributed by atoms with Gasteiger partial charge in [0, 0.05) is 42.9 Å². The Morgan fingerprint density at radius 2 is 1.60 bits per heavy atom. The number of benzene rings is 2. The van der Waals surface area contributed by atoms with Gasteiger partial charge in [0.25, 0.3) is 5.91 Å². The monoisotopic (exact) mass is 633 g/mol. The van der Waals surface area contributed by atoms with Crippen molar-refractivity contribution in [3.8, 4) is 11.5 Å². The molecule has 0 saturated carbocycles. The first-order chi connectivity index (χ1) is 21.8. The molecule has 240 valence electrons. The molecule has 1 spiro atoms. The van der Waals surface area contributed by atoms with E-state index >= 15 is 0 Å². The fourth-order valence-electron chi connectivity index (χ4n) is 7.23. The van der Waals surface area contributed by atoms with Crippen molar-refractivity contribution >= 4 is 40.9 Å². The first kappa shape index (κ1) is 32.6. The number of aliphatic hydroxyl groups excluding tert-OH is 1. The average molecular weight is 634 g/mol. The summed E-state index contributed by atoms with van der Waals surface area (Å²) in [4.78, 5) is 48.7. The van der Waals surface area contributed by atoms with Crippen LogP contribution in [0.15, 0.2) is 73.8 Å². The van der Waals surface area contributed by atoms with Crippen molar-refractivity contribution in [3.63, 3.8) is 0 Å². The molecule has 2 unspecified atom stereocenters. The number of methoxy groups -OCH3 is 1. The molecule has 3 amide bonds. The van der Waals surface area contributed by atoms with E-state index in [0.717, 1.165) is 6.42 Å². The molecule has 5 atom stereocenters. The Morgan fingerprint density at radius 1 is 1.00 bits per heavy atom. The first-order valence-electron chi connectivity index (χ1n) is 15.7. The van der Waals surface area contributed by atoms with Crippen molar-refractivity contribution in [1.29, 1.82) is 0 Å². The second-order valence-electron chi connectivity index (χ2n) is 11.6. The molecule has 0 radical (unpaired) electrons. The van der Waals surface area contributed by atoms with Crippen LogP contribution >= 0.6 is 11.8 Å². The second kappa shape index (κ2) is 14.1. The maximum Gasteiger partial charge on any atom is 0.251 e. The van der Waals surface area contributed by atoms with Crippen LogP contribution in [0.3, 0.4) is 0 Å². The van der Waals surface area contributed by atoms with Gasteiger partial charge in [0.1, 0.15) is 17.5 Å². The molecule has 3 aliphatic rings. The zero-order valence-corrected chi connectivity index (χ0v) is 26.9. The van der Waals surface area contributed by atoms with Crippen molar-refractivity contribution < 1.29 is 29.0 Å². The highest BCUT2D eigenvalue weighted by Gasteiger charge is 2.74. The summed E-state index contributed by atoms with van der Waals surface area (Å²) in [7, 11) is 1.59. The maximum atomic E-state index is 14.7. The van der Waals surface area contributed by atoms with Crippen LogP contribution in [0.5, 0.6) is 11.5 Å². The molecule has 2 aromatic rings. The molecule has 0 aliphatic carbocycles. The molecular formula is C35H43N3O6S. The van der Waals surface area contributed by atoms with E-state index in [-0.39, 0.29) is 36.1 Å². The van der Waals surface area contributed by atoms with Gasteiger partial charge in [-0.25, -0.2) is 0 Å². The Kier molecular flexibility index (Phi) is 10.2. The van der Waals surface area contributed by atoms with Crippen LogP contribution in [0, 0.1) is 11.8 Å². The van der Waals surface area contributed by atoms with Gasteiger partial charge in [0.15, 0.2) is 0 Å². The predicted octanol–water partition coefficient (Wildman–Crippen LogP) is 4.70. The third-order valence-electron chi connectivity index (χ3n) is 9.13. The predicted molar refractivity (Wildman–Crippen MR) is 178 cm³/mol. The highest BCUT2D eigenvalue weighted by atomic mass is 32.2. The molecule has 3 fully saturated rings. The minimum atomic E-state index is -0.748. The Balaban J connectivity index is 1.51. The smallest absolute Gasteiger partial charge is 0.251 e. The van der Waals surface area contributed by atoms with E-state index < -0.39 is 22.6 Å². The number of fused-ring (bicyclic) bond motifs is 1. The molecule has 3 saturated heterocycles. The number of hydrogen-bond acceptors (Lipinski definition) is 7. The van der Waals surface area contributed by atoms with Gasteiger partial charge in [-0.2, -0.15) is 0 Å². The number of amides is 3. The minimum Gasteiger partial charge on any atom is -0.497 e. The number of carbonyl (C=O) groups is 3. The Morgan fingerprint density at radius 3 is 2.16 bits per heavy atom. The molecule has 3 heterocycles. The van der Waals surface area contributed by atoms with Crippen molar-refractivity contribution in [2.24, 2.45) is 11.8 Å². The second-order valence-corrected chi connectivity index (χ2v) is 13.2. The summed E-state index contributed by atoms with van der Waals surface area (Å²) < 4.78 is 10.2. The van der Waals surface area contributed by atoms with Crippen LogP contribution in [0.4, 0.5) is 11.4 Å². The summed E-state index contributed by atoms with van der Waals surface area (Å²) in [5.41, 5.74) is 1.39. The number of hydrogen-bond donors (Lipinski definition) is 1. The molecule has 2 aromatic carbocycles. The molecular weight excluding hydrogens is 590 g/mol. The van der Waals surface area contributed by atoms with Crippen LogP contribution in [-0.4, -0.2) is 83.7 Å². The SMILES string of the molecule is C=CCN(C(=O)C1N(CCCCO)C(=O)[C@@H]2[C@@H](C(=O)N(CC=C)c3ccc(OCC)cc3)[C@H]3CCC12S3)c1ccc(OC)cc1. The molecule has 45 heavy (non-hydrogen) atoms. The van der Waals surface area contributed by atoms with Gasteiger partial charge in [-0.1, -0.05) is 12.2 Å². The van der Waals surface area contributed by atoms with E-state index in [1.54, 1.807) is 57.9 Å². The standard InChI is InChI=1S/C35H43N3O6S/c1-5-20-36(24-12-16-27(17-13-24)44-7-3)32(40)29-28-18-19-35(45-28)30(29)33(41)38(22-8-9-23-39)31(35)34(42)37(21-6-2)25-10-14-26(43-4)15-11-25/h5-6,10-17,28-31,39H,1-2,7-9,18-23H2,3-4H3/t28-,29+,30+,31?,35?/m1/s1. The number of rotatable bonds is 15. The largest absolute Gasteiger partial charge is 0.497 e. The van der Waals surface area contributed by atoms with E-state index in [4.69, 9.17) is 9.47 Å². The van der Waals surface area contributed by atoms with E-state index in [1.807, 2.05) is 43.3 Å². The lowest BCUT2D eigenvalue weighted by Gasteiger charge is -2.37. The summed E-state index contributed by atoms with van der Waals surface area (Å²) in [5.74, 6) is -0.281. The first-order valence-corrected chi connectivity index (χ1v) is 16.5. The molecule has 0 aromatic heterocycles. The maximum absolute atomic E-state index is 14.7. The number of ether oxygens (including phenoxy) is 2. The lowest BCUT2D eigenvalue weighted by Crippen LogP contribution is -2.55. The van der Waals surface area contributed by atoms with E-state index in [2.05, 4.69) is 13.2 Å². The Hall–Kier alpha value is -3.76. The van der Waals surface area contributed by atoms with Gasteiger partial charge in [-0.05, 0) is 81.1 Å². The lowest BCUT2D eigenvalue weighted by atomic mass is 9.70. The van der Waals surface area contributed by atoms with Crippen molar-refractivity contribution in [1.82, 2.24) is 4.90 Å². The fraction of sp³-hybridized carbons (Fsp3) is 0.457. The normalized spacial score (nSPS) is 24.7. The Bertz CT molecular complexity index is 1400. The van der Waals surface area contributed by atoms with Crippen LogP contribution in [-0.2, 0) is 14.4 Å². The van der Waals surface area contributed by atoms with Crippen molar-refractivity contribution in [3.05, 3.63) is 73.8 Å². The number of likely N-dealkylation sites (tertiary alicyclic amines) is 1. The summed E-state index contributed by atoms with van der Waals surface area (Å²) in [6.07, 6.45) is 5.86. The lowest BCUT2D eigenvalue weighted by molar-refractivity contribution is -0.139. The van der Waals surface area contributed by atoms with Crippen molar-refractivity contribution in [2.75, 3.05) is 49.8 Å². The minimum absolute atomic E-state index is 0.000185. The number of nitrogens with zero attached hydrogens (tertiary/aromatic N) is 3. The van der Waals surface area contributed by atoms with Gasteiger partial charge in [0.05, 0.1) is 30.3 Å². The van der Waals surface area contributed by atoms with Gasteiger partial charge in [0.2, 0.25) is 11.8 Å². The number of carbonyl (C=O) groups excluding carboxylic acids is 3. The zero-order chi connectivity index (χ0) is 32.1. The Labute approximate surface area is 269 Å². The summed E-state index contributed by atoms with van der Waals surface area (Å²) in [5, 5.41) is 9.43. The van der Waals surface area contributed by atoms with Crippen LogP contribution < -0.4 is 19.3 Å². The van der Waals surface area contributed by atoms with Gasteiger partial charge in [-0.15, -0.1) is 24.9 Å².